The molecule has 1 aromatic rings. The lowest BCUT2D eigenvalue weighted by atomic mass is 10.1. The molecular formula is C17H27NO2S. The lowest BCUT2D eigenvalue weighted by Gasteiger charge is -2.29. The first kappa shape index (κ1) is 16.5. The number of aryl methyl sites for hydroxylation is 1. The number of rotatable bonds is 6. The summed E-state index contributed by atoms with van der Waals surface area (Å²) in [5.74, 6) is 0. The molecule has 1 heterocycles. The molecule has 1 saturated heterocycles. The van der Waals surface area contributed by atoms with Gasteiger partial charge in [-0.25, -0.2) is 8.42 Å². The molecular weight excluding hydrogens is 282 g/mol. The summed E-state index contributed by atoms with van der Waals surface area (Å²) in [6.07, 6.45) is 6.00. The lowest BCUT2D eigenvalue weighted by Crippen LogP contribution is -2.41. The van der Waals surface area contributed by atoms with E-state index in [0.717, 1.165) is 44.1 Å². The minimum absolute atomic E-state index is 0.179. The first-order chi connectivity index (χ1) is 10.0. The Labute approximate surface area is 129 Å². The zero-order valence-electron chi connectivity index (χ0n) is 13.4. The van der Waals surface area contributed by atoms with Crippen LogP contribution in [0, 0.1) is 6.92 Å². The second kappa shape index (κ2) is 6.93. The van der Waals surface area contributed by atoms with Gasteiger partial charge >= 0.3 is 0 Å². The molecule has 4 heteroatoms. The van der Waals surface area contributed by atoms with Crippen LogP contribution >= 0.6 is 0 Å². The summed E-state index contributed by atoms with van der Waals surface area (Å²) in [5.41, 5.74) is 1.09. The van der Waals surface area contributed by atoms with Crippen LogP contribution in [0.1, 0.15) is 57.9 Å². The predicted octanol–water partition coefficient (Wildman–Crippen LogP) is 4.12. The highest BCUT2D eigenvalue weighted by atomic mass is 32.2. The Kier molecular flexibility index (Phi) is 5.44. The first-order valence-corrected chi connectivity index (χ1v) is 9.55. The van der Waals surface area contributed by atoms with Crippen molar-refractivity contribution in [2.24, 2.45) is 0 Å². The van der Waals surface area contributed by atoms with Crippen molar-refractivity contribution in [1.29, 1.82) is 0 Å². The number of benzene rings is 1. The van der Waals surface area contributed by atoms with Crippen LogP contribution in [0.2, 0.25) is 0 Å². The van der Waals surface area contributed by atoms with Gasteiger partial charge in [-0.1, -0.05) is 44.4 Å². The molecule has 2 rings (SSSR count). The van der Waals surface area contributed by atoms with Gasteiger partial charge in [0.05, 0.1) is 4.90 Å². The van der Waals surface area contributed by atoms with Crippen LogP contribution in [0.4, 0.5) is 0 Å². The number of hydrogen-bond acceptors (Lipinski definition) is 2. The molecule has 1 aliphatic rings. The van der Waals surface area contributed by atoms with Crippen LogP contribution < -0.4 is 0 Å². The third-order valence-corrected chi connectivity index (χ3v) is 6.41. The fourth-order valence-corrected chi connectivity index (χ4v) is 5.30. The van der Waals surface area contributed by atoms with Crippen LogP contribution in [0.3, 0.4) is 0 Å². The van der Waals surface area contributed by atoms with Gasteiger partial charge in [0.25, 0.3) is 0 Å². The fourth-order valence-electron chi connectivity index (χ4n) is 3.37. The van der Waals surface area contributed by atoms with Gasteiger partial charge in [-0.05, 0) is 44.7 Å². The first-order valence-electron chi connectivity index (χ1n) is 8.11. The van der Waals surface area contributed by atoms with Crippen molar-refractivity contribution in [3.8, 4) is 0 Å². The lowest BCUT2D eigenvalue weighted by molar-refractivity contribution is 0.296. The molecule has 21 heavy (non-hydrogen) atoms. The molecule has 1 aromatic carbocycles. The van der Waals surface area contributed by atoms with E-state index in [1.807, 2.05) is 23.4 Å². The summed E-state index contributed by atoms with van der Waals surface area (Å²) in [4.78, 5) is 0.442. The second-order valence-electron chi connectivity index (χ2n) is 6.11. The van der Waals surface area contributed by atoms with E-state index >= 15 is 0 Å². The van der Waals surface area contributed by atoms with Crippen LogP contribution in [0.25, 0.3) is 0 Å². The van der Waals surface area contributed by atoms with Gasteiger partial charge in [0.1, 0.15) is 0 Å². The molecule has 0 spiro atoms. The van der Waals surface area contributed by atoms with Crippen LogP contribution in [-0.4, -0.2) is 24.8 Å². The molecule has 2 atom stereocenters. The molecule has 118 valence electrons. The molecule has 0 aromatic heterocycles. The van der Waals surface area contributed by atoms with Crippen LogP contribution in [0.5, 0.6) is 0 Å². The van der Waals surface area contributed by atoms with Gasteiger partial charge in [0, 0.05) is 12.1 Å². The smallest absolute Gasteiger partial charge is 0.207 e. The quantitative estimate of drug-likeness (QED) is 0.793. The minimum atomic E-state index is -3.36. The zero-order valence-corrected chi connectivity index (χ0v) is 14.2. The Morgan fingerprint density at radius 1 is 1.00 bits per heavy atom. The maximum absolute atomic E-state index is 13.0. The minimum Gasteiger partial charge on any atom is -0.207 e. The summed E-state index contributed by atoms with van der Waals surface area (Å²) in [6.45, 7) is 6.24. The van der Waals surface area contributed by atoms with E-state index in [4.69, 9.17) is 0 Å². The molecule has 0 N–H and O–H groups in total. The van der Waals surface area contributed by atoms with Crippen molar-refractivity contribution in [2.75, 3.05) is 0 Å². The molecule has 0 bridgehead atoms. The van der Waals surface area contributed by atoms with Gasteiger partial charge in [0.2, 0.25) is 10.0 Å². The second-order valence-corrected chi connectivity index (χ2v) is 7.95. The summed E-state index contributed by atoms with van der Waals surface area (Å²) in [7, 11) is -3.36. The Bertz CT molecular complexity index is 537. The van der Waals surface area contributed by atoms with E-state index in [9.17, 15) is 8.42 Å². The predicted molar refractivity (Wildman–Crippen MR) is 86.8 cm³/mol. The molecule has 1 aliphatic heterocycles. The zero-order chi connectivity index (χ0) is 15.5. The summed E-state index contributed by atoms with van der Waals surface area (Å²) >= 11 is 0. The van der Waals surface area contributed by atoms with E-state index < -0.39 is 10.0 Å². The largest absolute Gasteiger partial charge is 0.243 e. The Morgan fingerprint density at radius 2 is 1.48 bits per heavy atom. The normalized spacial score (nSPS) is 23.6. The van der Waals surface area contributed by atoms with Gasteiger partial charge in [0.15, 0.2) is 0 Å². The van der Waals surface area contributed by atoms with E-state index in [1.54, 1.807) is 12.1 Å². The molecule has 0 amide bonds. The topological polar surface area (TPSA) is 37.4 Å². The van der Waals surface area contributed by atoms with E-state index in [0.29, 0.717) is 4.90 Å². The molecule has 1 fully saturated rings. The fraction of sp³-hybridized carbons (Fsp3) is 0.647. The van der Waals surface area contributed by atoms with Crippen molar-refractivity contribution in [3.05, 3.63) is 29.8 Å². The van der Waals surface area contributed by atoms with Crippen molar-refractivity contribution in [2.45, 2.75) is 76.3 Å². The van der Waals surface area contributed by atoms with E-state index in [-0.39, 0.29) is 12.1 Å². The highest BCUT2D eigenvalue weighted by Crippen LogP contribution is 2.35. The van der Waals surface area contributed by atoms with Crippen LogP contribution in [-0.2, 0) is 10.0 Å². The Morgan fingerprint density at radius 3 is 1.90 bits per heavy atom. The maximum atomic E-state index is 13.0. The Hall–Kier alpha value is -0.870. The molecule has 0 radical (unpaired) electrons. The average Bonchev–Trinajstić information content (AvgIpc) is 2.84. The maximum Gasteiger partial charge on any atom is 0.243 e. The molecule has 0 saturated carbocycles. The van der Waals surface area contributed by atoms with Crippen molar-refractivity contribution in [1.82, 2.24) is 4.31 Å². The number of sulfonamides is 1. The van der Waals surface area contributed by atoms with E-state index in [1.165, 1.54) is 0 Å². The third kappa shape index (κ3) is 3.49. The van der Waals surface area contributed by atoms with Crippen molar-refractivity contribution in [3.63, 3.8) is 0 Å². The average molecular weight is 309 g/mol. The highest BCUT2D eigenvalue weighted by molar-refractivity contribution is 7.89. The number of nitrogens with zero attached hydrogens (tertiary/aromatic N) is 1. The highest BCUT2D eigenvalue weighted by Gasteiger charge is 2.40. The summed E-state index contributed by atoms with van der Waals surface area (Å²) < 4.78 is 27.9. The summed E-state index contributed by atoms with van der Waals surface area (Å²) in [5, 5.41) is 0. The van der Waals surface area contributed by atoms with Gasteiger partial charge in [-0.15, -0.1) is 0 Å². The van der Waals surface area contributed by atoms with Crippen molar-refractivity contribution >= 4 is 10.0 Å². The summed E-state index contributed by atoms with van der Waals surface area (Å²) in [6, 6.07) is 7.61. The van der Waals surface area contributed by atoms with Gasteiger partial charge in [-0.2, -0.15) is 4.31 Å². The molecule has 3 nitrogen and oxygen atoms in total. The Balaban J connectivity index is 2.34. The number of hydrogen-bond donors (Lipinski definition) is 0. The molecule has 0 unspecified atom stereocenters. The third-order valence-electron chi connectivity index (χ3n) is 4.39. The molecule has 0 aliphatic carbocycles. The van der Waals surface area contributed by atoms with E-state index in [2.05, 4.69) is 13.8 Å². The van der Waals surface area contributed by atoms with Gasteiger partial charge < -0.3 is 0 Å². The monoisotopic (exact) mass is 309 g/mol. The van der Waals surface area contributed by atoms with Crippen molar-refractivity contribution < 1.29 is 8.42 Å². The SMILES string of the molecule is CCC[C@@H]1CC[C@H](CCC)N1S(=O)(=O)c1ccc(C)cc1. The van der Waals surface area contributed by atoms with Crippen LogP contribution in [0.15, 0.2) is 29.2 Å². The van der Waals surface area contributed by atoms with Gasteiger partial charge in [-0.3, -0.25) is 0 Å². The standard InChI is InChI=1S/C17H27NO2S/c1-4-6-15-10-11-16(7-5-2)18(15)21(19,20)17-12-8-14(3)9-13-17/h8-9,12-13,15-16H,4-7,10-11H2,1-3H3/t15-,16+.